The third kappa shape index (κ3) is 2.26. The molecule has 1 aromatic carbocycles. The van der Waals surface area contributed by atoms with Gasteiger partial charge >= 0.3 is 0 Å². The van der Waals surface area contributed by atoms with Gasteiger partial charge in [-0.3, -0.25) is 0 Å². The Labute approximate surface area is 99.3 Å². The average molecular weight is 237 g/mol. The molecule has 0 atom stereocenters. The molecule has 0 amide bonds. The van der Waals surface area contributed by atoms with Gasteiger partial charge in [0.1, 0.15) is 5.15 Å². The van der Waals surface area contributed by atoms with Gasteiger partial charge in [-0.15, -0.1) is 0 Å². The Bertz CT molecular complexity index is 494. The molecule has 1 aromatic heterocycles. The van der Waals surface area contributed by atoms with Crippen molar-refractivity contribution < 1.29 is 5.11 Å². The molecule has 2 aromatic rings. The first-order chi connectivity index (χ1) is 7.70. The highest BCUT2D eigenvalue weighted by Gasteiger charge is 2.07. The third-order valence-electron chi connectivity index (χ3n) is 2.43. The first kappa shape index (κ1) is 11.2. The van der Waals surface area contributed by atoms with Crippen molar-refractivity contribution in [2.24, 2.45) is 0 Å². The highest BCUT2D eigenvalue weighted by Crippen LogP contribution is 2.17. The van der Waals surface area contributed by atoms with Gasteiger partial charge in [-0.25, -0.2) is 4.68 Å². The number of benzene rings is 1. The van der Waals surface area contributed by atoms with E-state index >= 15 is 0 Å². The van der Waals surface area contributed by atoms with Crippen LogP contribution in [0, 0.1) is 6.92 Å². The second kappa shape index (κ2) is 4.68. The molecule has 0 saturated carbocycles. The van der Waals surface area contributed by atoms with Crippen LogP contribution in [0.2, 0.25) is 5.15 Å². The molecular formula is C12H13ClN2O. The smallest absolute Gasteiger partial charge is 0.132 e. The Hall–Kier alpha value is -1.32. The lowest BCUT2D eigenvalue weighted by atomic mass is 10.1. The van der Waals surface area contributed by atoms with Gasteiger partial charge in [0.2, 0.25) is 0 Å². The van der Waals surface area contributed by atoms with E-state index in [9.17, 15) is 0 Å². The predicted octanol–water partition coefficient (Wildman–Crippen LogP) is 2.39. The highest BCUT2D eigenvalue weighted by molar-refractivity contribution is 6.30. The lowest BCUT2D eigenvalue weighted by Crippen LogP contribution is -2.02. The van der Waals surface area contributed by atoms with E-state index in [4.69, 9.17) is 16.7 Å². The van der Waals surface area contributed by atoms with Crippen molar-refractivity contribution in [3.63, 3.8) is 0 Å². The van der Waals surface area contributed by atoms with E-state index in [1.165, 1.54) is 5.56 Å². The van der Waals surface area contributed by atoms with Gasteiger partial charge in [0.25, 0.3) is 0 Å². The minimum atomic E-state index is -0.0767. The molecule has 3 nitrogen and oxygen atoms in total. The van der Waals surface area contributed by atoms with E-state index in [1.54, 1.807) is 10.9 Å². The number of rotatable bonds is 3. The molecule has 16 heavy (non-hydrogen) atoms. The van der Waals surface area contributed by atoms with E-state index < -0.39 is 0 Å². The van der Waals surface area contributed by atoms with E-state index in [2.05, 4.69) is 11.2 Å². The van der Waals surface area contributed by atoms with Crippen LogP contribution < -0.4 is 0 Å². The van der Waals surface area contributed by atoms with Crippen LogP contribution >= 0.6 is 11.6 Å². The summed E-state index contributed by atoms with van der Waals surface area (Å²) in [6.45, 7) is 2.60. The van der Waals surface area contributed by atoms with E-state index in [-0.39, 0.29) is 6.61 Å². The van der Waals surface area contributed by atoms with Crippen LogP contribution in [0.25, 0.3) is 0 Å². The summed E-state index contributed by atoms with van der Waals surface area (Å²) >= 11 is 6.05. The Balaban J connectivity index is 2.24. The van der Waals surface area contributed by atoms with Crippen molar-refractivity contribution in [2.45, 2.75) is 20.1 Å². The van der Waals surface area contributed by atoms with Crippen molar-refractivity contribution in [3.8, 4) is 0 Å². The van der Waals surface area contributed by atoms with Gasteiger partial charge < -0.3 is 5.11 Å². The molecule has 84 valence electrons. The standard InChI is InChI=1S/C12H13ClN2O/c1-9-3-2-4-10(5-9)7-15-12(13)11(8-16)6-14-15/h2-6,16H,7-8H2,1H3. The minimum Gasteiger partial charge on any atom is -0.392 e. The summed E-state index contributed by atoms with van der Waals surface area (Å²) in [6.07, 6.45) is 1.60. The molecule has 0 unspecified atom stereocenters. The summed E-state index contributed by atoms with van der Waals surface area (Å²) in [7, 11) is 0. The van der Waals surface area contributed by atoms with Crippen LogP contribution in [0.1, 0.15) is 16.7 Å². The minimum absolute atomic E-state index is 0.0767. The number of aliphatic hydroxyl groups excluding tert-OH is 1. The molecule has 2 rings (SSSR count). The molecular weight excluding hydrogens is 224 g/mol. The SMILES string of the molecule is Cc1cccc(Cn2ncc(CO)c2Cl)c1. The van der Waals surface area contributed by atoms with Crippen LogP contribution in [0.15, 0.2) is 30.5 Å². The molecule has 0 aliphatic rings. The van der Waals surface area contributed by atoms with Crippen LogP contribution in [0.3, 0.4) is 0 Å². The summed E-state index contributed by atoms with van der Waals surface area (Å²) < 4.78 is 1.68. The Morgan fingerprint density at radius 2 is 2.25 bits per heavy atom. The summed E-state index contributed by atoms with van der Waals surface area (Å²) in [5.74, 6) is 0. The number of aliphatic hydroxyl groups is 1. The van der Waals surface area contributed by atoms with Gasteiger partial charge in [-0.2, -0.15) is 5.10 Å². The molecule has 0 aliphatic heterocycles. The Morgan fingerprint density at radius 1 is 1.44 bits per heavy atom. The molecule has 0 radical (unpaired) electrons. The Morgan fingerprint density at radius 3 is 2.88 bits per heavy atom. The molecule has 1 heterocycles. The van der Waals surface area contributed by atoms with Gasteiger partial charge in [-0.05, 0) is 12.5 Å². The molecule has 1 N–H and O–H groups in total. The zero-order chi connectivity index (χ0) is 11.5. The summed E-state index contributed by atoms with van der Waals surface area (Å²) in [6, 6.07) is 8.18. The van der Waals surface area contributed by atoms with Gasteiger partial charge in [0.15, 0.2) is 0 Å². The maximum atomic E-state index is 9.00. The fourth-order valence-electron chi connectivity index (χ4n) is 1.61. The molecule has 0 saturated heterocycles. The second-order valence-electron chi connectivity index (χ2n) is 3.77. The monoisotopic (exact) mass is 236 g/mol. The summed E-state index contributed by atoms with van der Waals surface area (Å²) in [4.78, 5) is 0. The fourth-order valence-corrected chi connectivity index (χ4v) is 1.82. The zero-order valence-corrected chi connectivity index (χ0v) is 9.78. The summed E-state index contributed by atoms with van der Waals surface area (Å²) in [5.41, 5.74) is 3.02. The first-order valence-corrected chi connectivity index (χ1v) is 5.45. The van der Waals surface area contributed by atoms with Crippen molar-refractivity contribution in [1.82, 2.24) is 9.78 Å². The van der Waals surface area contributed by atoms with Gasteiger partial charge in [0.05, 0.1) is 19.3 Å². The average Bonchev–Trinajstić information content (AvgIpc) is 2.60. The molecule has 0 spiro atoms. The normalized spacial score (nSPS) is 10.7. The Kier molecular flexibility index (Phi) is 3.27. The van der Waals surface area contributed by atoms with Gasteiger partial charge in [-0.1, -0.05) is 41.4 Å². The van der Waals surface area contributed by atoms with Gasteiger partial charge in [0, 0.05) is 5.56 Å². The fraction of sp³-hybridized carbons (Fsp3) is 0.250. The van der Waals surface area contributed by atoms with Crippen LogP contribution in [-0.4, -0.2) is 14.9 Å². The topological polar surface area (TPSA) is 38.0 Å². The van der Waals surface area contributed by atoms with Crippen molar-refractivity contribution in [1.29, 1.82) is 0 Å². The second-order valence-corrected chi connectivity index (χ2v) is 4.12. The molecule has 0 aliphatic carbocycles. The van der Waals surface area contributed by atoms with E-state index in [1.807, 2.05) is 25.1 Å². The number of nitrogens with zero attached hydrogens (tertiary/aromatic N) is 2. The van der Waals surface area contributed by atoms with Crippen LogP contribution in [-0.2, 0) is 13.2 Å². The zero-order valence-electron chi connectivity index (χ0n) is 9.02. The first-order valence-electron chi connectivity index (χ1n) is 5.07. The quantitative estimate of drug-likeness (QED) is 0.889. The maximum Gasteiger partial charge on any atom is 0.132 e. The lowest BCUT2D eigenvalue weighted by Gasteiger charge is -2.04. The molecule has 0 fully saturated rings. The number of hydrogen-bond acceptors (Lipinski definition) is 2. The maximum absolute atomic E-state index is 9.00. The predicted molar refractivity (Wildman–Crippen MR) is 63.4 cm³/mol. The van der Waals surface area contributed by atoms with Crippen LogP contribution in [0.4, 0.5) is 0 Å². The van der Waals surface area contributed by atoms with Crippen molar-refractivity contribution >= 4 is 11.6 Å². The number of aryl methyl sites for hydroxylation is 1. The largest absolute Gasteiger partial charge is 0.392 e. The van der Waals surface area contributed by atoms with E-state index in [0.717, 1.165) is 5.56 Å². The summed E-state index contributed by atoms with van der Waals surface area (Å²) in [5, 5.41) is 13.6. The van der Waals surface area contributed by atoms with Crippen LogP contribution in [0.5, 0.6) is 0 Å². The molecule has 4 heteroatoms. The lowest BCUT2D eigenvalue weighted by molar-refractivity contribution is 0.282. The van der Waals surface area contributed by atoms with Crippen molar-refractivity contribution in [2.75, 3.05) is 0 Å². The number of aromatic nitrogens is 2. The number of hydrogen-bond donors (Lipinski definition) is 1. The molecule has 0 bridgehead atoms. The van der Waals surface area contributed by atoms with Crippen molar-refractivity contribution in [3.05, 3.63) is 52.3 Å². The third-order valence-corrected chi connectivity index (χ3v) is 2.87. The number of halogens is 1. The van der Waals surface area contributed by atoms with E-state index in [0.29, 0.717) is 17.3 Å². The highest BCUT2D eigenvalue weighted by atomic mass is 35.5.